The van der Waals surface area contributed by atoms with Gasteiger partial charge in [-0.15, -0.1) is 0 Å². The average Bonchev–Trinajstić information content (AvgIpc) is 2.87. The Morgan fingerprint density at radius 2 is 1.34 bits per heavy atom. The summed E-state index contributed by atoms with van der Waals surface area (Å²) in [5, 5.41) is 0. The summed E-state index contributed by atoms with van der Waals surface area (Å²) in [5.74, 6) is -0.309. The van der Waals surface area contributed by atoms with Crippen LogP contribution < -0.4 is 4.74 Å². The molecule has 2 saturated carbocycles. The minimum Gasteiger partial charge on any atom is -0.494 e. The second-order valence-electron chi connectivity index (χ2n) is 10.2. The van der Waals surface area contributed by atoms with Gasteiger partial charge in [0.05, 0.1) is 12.7 Å². The zero-order valence-corrected chi connectivity index (χ0v) is 21.1. The Hall–Kier alpha value is -2.01. The van der Waals surface area contributed by atoms with Crippen LogP contribution in [0.5, 0.6) is 5.75 Å². The van der Waals surface area contributed by atoms with E-state index in [-0.39, 0.29) is 23.8 Å². The van der Waals surface area contributed by atoms with E-state index >= 15 is 8.78 Å². The molecule has 2 nitrogen and oxygen atoms in total. The van der Waals surface area contributed by atoms with E-state index in [0.717, 1.165) is 63.4 Å². The molecular formula is C30H39F3O2. The summed E-state index contributed by atoms with van der Waals surface area (Å²) in [5.41, 5.74) is 1.78. The van der Waals surface area contributed by atoms with Crippen LogP contribution in [0.2, 0.25) is 0 Å². The number of ether oxygens (including phenoxy) is 2. The van der Waals surface area contributed by atoms with Crippen LogP contribution in [0.3, 0.4) is 0 Å². The van der Waals surface area contributed by atoms with E-state index in [1.807, 2.05) is 38.1 Å². The molecule has 4 rings (SSSR count). The second-order valence-corrected chi connectivity index (χ2v) is 10.2. The van der Waals surface area contributed by atoms with Crippen molar-refractivity contribution in [1.82, 2.24) is 0 Å². The van der Waals surface area contributed by atoms with E-state index < -0.39 is 11.6 Å². The number of halogens is 3. The van der Waals surface area contributed by atoms with Crippen LogP contribution in [0.4, 0.5) is 13.2 Å². The van der Waals surface area contributed by atoms with Gasteiger partial charge in [0.25, 0.3) is 0 Å². The van der Waals surface area contributed by atoms with Crippen molar-refractivity contribution >= 4 is 0 Å². The smallest absolute Gasteiger partial charge is 0.162 e. The molecule has 2 aromatic rings. The first-order valence-electron chi connectivity index (χ1n) is 13.5. The van der Waals surface area contributed by atoms with E-state index in [9.17, 15) is 4.39 Å². The van der Waals surface area contributed by atoms with Gasteiger partial charge in [-0.1, -0.05) is 18.2 Å². The summed E-state index contributed by atoms with van der Waals surface area (Å²) in [6.07, 6.45) is 9.01. The van der Waals surface area contributed by atoms with Crippen LogP contribution in [-0.4, -0.2) is 19.3 Å². The Kier molecular flexibility index (Phi) is 9.16. The standard InChI is InChI=1S/C30H39F3O2/c1-3-34-24-14-11-22(12-15-24)27-18-17-26(29(32)30(27)33)21-8-5-20(6-9-21)7-10-23-13-16-25(35-4-2)19-28(23)31/h13,16-22,24H,3-12,14-15H2,1-2H3. The number of rotatable bonds is 9. The van der Waals surface area contributed by atoms with Gasteiger partial charge in [-0.3, -0.25) is 0 Å². The molecule has 0 atom stereocenters. The van der Waals surface area contributed by atoms with Crippen molar-refractivity contribution < 1.29 is 22.6 Å². The van der Waals surface area contributed by atoms with Gasteiger partial charge >= 0.3 is 0 Å². The van der Waals surface area contributed by atoms with Gasteiger partial charge in [0.15, 0.2) is 11.6 Å². The van der Waals surface area contributed by atoms with Crippen LogP contribution in [0.25, 0.3) is 0 Å². The predicted octanol–water partition coefficient (Wildman–Crippen LogP) is 8.47. The lowest BCUT2D eigenvalue weighted by Crippen LogP contribution is -2.22. The summed E-state index contributed by atoms with van der Waals surface area (Å²) >= 11 is 0. The van der Waals surface area contributed by atoms with Crippen molar-refractivity contribution in [3.63, 3.8) is 0 Å². The van der Waals surface area contributed by atoms with E-state index in [1.165, 1.54) is 6.07 Å². The molecule has 0 N–H and O–H groups in total. The Morgan fingerprint density at radius 1 is 0.743 bits per heavy atom. The summed E-state index contributed by atoms with van der Waals surface area (Å²) in [6, 6.07) is 8.77. The van der Waals surface area contributed by atoms with Crippen molar-refractivity contribution in [1.29, 1.82) is 0 Å². The lowest BCUT2D eigenvalue weighted by Gasteiger charge is -2.31. The van der Waals surface area contributed by atoms with E-state index in [4.69, 9.17) is 9.47 Å². The largest absolute Gasteiger partial charge is 0.494 e. The van der Waals surface area contributed by atoms with Gasteiger partial charge in [-0.05, 0) is 119 Å². The van der Waals surface area contributed by atoms with Crippen molar-refractivity contribution in [2.45, 2.75) is 96.0 Å². The molecule has 2 fully saturated rings. The average molecular weight is 489 g/mol. The molecule has 5 heteroatoms. The first kappa shape index (κ1) is 26.1. The molecule has 0 heterocycles. The fraction of sp³-hybridized carbons (Fsp3) is 0.600. The Morgan fingerprint density at radius 3 is 1.89 bits per heavy atom. The zero-order valence-electron chi connectivity index (χ0n) is 21.1. The van der Waals surface area contributed by atoms with Gasteiger partial charge in [-0.2, -0.15) is 0 Å². The maximum absolute atomic E-state index is 15.1. The number of hydrogen-bond acceptors (Lipinski definition) is 2. The summed E-state index contributed by atoms with van der Waals surface area (Å²) in [7, 11) is 0. The molecule has 0 unspecified atom stereocenters. The molecule has 0 amide bonds. The first-order valence-corrected chi connectivity index (χ1v) is 13.5. The molecule has 192 valence electrons. The Labute approximate surface area is 208 Å². The maximum Gasteiger partial charge on any atom is 0.162 e. The topological polar surface area (TPSA) is 18.5 Å². The fourth-order valence-electron chi connectivity index (χ4n) is 6.10. The molecule has 2 aliphatic carbocycles. The highest BCUT2D eigenvalue weighted by molar-refractivity contribution is 5.32. The quantitative estimate of drug-likeness (QED) is 0.352. The third-order valence-corrected chi connectivity index (χ3v) is 8.10. The van der Waals surface area contributed by atoms with Gasteiger partial charge in [0.2, 0.25) is 0 Å². The highest BCUT2D eigenvalue weighted by Gasteiger charge is 2.30. The Bertz CT molecular complexity index is 960. The lowest BCUT2D eigenvalue weighted by atomic mass is 9.76. The number of aryl methyl sites for hydroxylation is 1. The third kappa shape index (κ3) is 6.41. The Balaban J connectivity index is 1.30. The lowest BCUT2D eigenvalue weighted by molar-refractivity contribution is 0.0325. The summed E-state index contributed by atoms with van der Waals surface area (Å²) in [4.78, 5) is 0. The first-order chi connectivity index (χ1) is 17.0. The van der Waals surface area contributed by atoms with Gasteiger partial charge in [0, 0.05) is 12.7 Å². The van der Waals surface area contributed by atoms with Gasteiger partial charge in [-0.25, -0.2) is 13.2 Å². The predicted molar refractivity (Wildman–Crippen MR) is 134 cm³/mol. The second kappa shape index (κ2) is 12.3. The van der Waals surface area contributed by atoms with Crippen molar-refractivity contribution in [2.24, 2.45) is 5.92 Å². The monoisotopic (exact) mass is 488 g/mol. The molecule has 0 saturated heterocycles. The minimum absolute atomic E-state index is 0.0608. The maximum atomic E-state index is 15.1. The molecule has 2 aromatic carbocycles. The van der Waals surface area contributed by atoms with Crippen molar-refractivity contribution in [3.05, 3.63) is 64.5 Å². The molecule has 0 bridgehead atoms. The zero-order chi connectivity index (χ0) is 24.8. The van der Waals surface area contributed by atoms with Crippen LogP contribution in [0.1, 0.15) is 100 Å². The number of hydrogen-bond donors (Lipinski definition) is 0. The summed E-state index contributed by atoms with van der Waals surface area (Å²) < 4.78 is 55.7. The fourth-order valence-corrected chi connectivity index (χ4v) is 6.10. The molecule has 0 radical (unpaired) electrons. The molecule has 0 aliphatic heterocycles. The number of benzene rings is 2. The van der Waals surface area contributed by atoms with Gasteiger partial charge < -0.3 is 9.47 Å². The van der Waals surface area contributed by atoms with Crippen LogP contribution >= 0.6 is 0 Å². The van der Waals surface area contributed by atoms with Crippen LogP contribution in [0, 0.1) is 23.4 Å². The highest BCUT2D eigenvalue weighted by atomic mass is 19.2. The molecular weight excluding hydrogens is 449 g/mol. The van der Waals surface area contributed by atoms with Crippen LogP contribution in [0.15, 0.2) is 30.3 Å². The minimum atomic E-state index is -0.644. The van der Waals surface area contributed by atoms with Crippen molar-refractivity contribution in [3.8, 4) is 5.75 Å². The van der Waals surface area contributed by atoms with Crippen molar-refractivity contribution in [2.75, 3.05) is 13.2 Å². The highest BCUT2D eigenvalue weighted by Crippen LogP contribution is 2.41. The normalized spacial score (nSPS) is 24.9. The molecule has 0 spiro atoms. The van der Waals surface area contributed by atoms with E-state index in [0.29, 0.717) is 42.4 Å². The SMILES string of the molecule is CCOc1ccc(CCC2CCC(c3ccc(C4CCC(OCC)CC4)c(F)c3F)CC2)c(F)c1. The van der Waals surface area contributed by atoms with Gasteiger partial charge in [0.1, 0.15) is 11.6 Å². The van der Waals surface area contributed by atoms with E-state index in [1.54, 1.807) is 0 Å². The van der Waals surface area contributed by atoms with Crippen LogP contribution in [-0.2, 0) is 11.2 Å². The molecule has 35 heavy (non-hydrogen) atoms. The summed E-state index contributed by atoms with van der Waals surface area (Å²) in [6.45, 7) is 5.10. The third-order valence-electron chi connectivity index (χ3n) is 8.10. The molecule has 0 aromatic heterocycles. The molecule has 2 aliphatic rings. The van der Waals surface area contributed by atoms with E-state index in [2.05, 4.69) is 0 Å².